The number of ether oxygens (including phenoxy) is 1. The van der Waals surface area contributed by atoms with Crippen LogP contribution in [0.25, 0.3) is 0 Å². The van der Waals surface area contributed by atoms with Gasteiger partial charge in [0.2, 0.25) is 21.8 Å². The van der Waals surface area contributed by atoms with E-state index in [9.17, 15) is 18.0 Å². The Kier molecular flexibility index (Phi) is 10.7. The van der Waals surface area contributed by atoms with E-state index in [-0.39, 0.29) is 18.7 Å². The third-order valence-corrected chi connectivity index (χ3v) is 8.38. The lowest BCUT2D eigenvalue weighted by molar-refractivity contribution is -0.139. The Morgan fingerprint density at radius 1 is 0.860 bits per heavy atom. The van der Waals surface area contributed by atoms with Crippen molar-refractivity contribution >= 4 is 50.7 Å². The maximum atomic E-state index is 14.1. The smallest absolute Gasteiger partial charge is 0.244 e. The molecule has 0 bridgehead atoms. The summed E-state index contributed by atoms with van der Waals surface area (Å²) in [6.07, 6.45) is 1.22. The number of benzene rings is 4. The average Bonchev–Trinajstić information content (AvgIpc) is 2.99. The Hall–Kier alpha value is -4.05. The minimum Gasteiger partial charge on any atom is -0.457 e. The van der Waals surface area contributed by atoms with Crippen molar-refractivity contribution in [1.29, 1.82) is 0 Å². The van der Waals surface area contributed by atoms with Gasteiger partial charge in [0.25, 0.3) is 0 Å². The van der Waals surface area contributed by atoms with E-state index >= 15 is 0 Å². The summed E-state index contributed by atoms with van der Waals surface area (Å²) in [5.74, 6) is 0.123. The third-order valence-electron chi connectivity index (χ3n) is 6.66. The second kappa shape index (κ2) is 14.4. The minimum atomic E-state index is -3.91. The number of carbonyl (C=O) groups is 2. The second-order valence-electron chi connectivity index (χ2n) is 9.76. The number of nitrogens with one attached hydrogen (secondary N) is 1. The molecule has 0 unspecified atom stereocenters. The Morgan fingerprint density at radius 3 is 2.05 bits per heavy atom. The molecule has 0 aliphatic carbocycles. The summed E-state index contributed by atoms with van der Waals surface area (Å²) in [6, 6.07) is 28.7. The van der Waals surface area contributed by atoms with E-state index < -0.39 is 34.4 Å². The number of hydrogen-bond donors (Lipinski definition) is 1. The van der Waals surface area contributed by atoms with Crippen molar-refractivity contribution in [3.63, 3.8) is 0 Å². The predicted octanol–water partition coefficient (Wildman–Crippen LogP) is 5.94. The highest BCUT2D eigenvalue weighted by atomic mass is 35.5. The molecule has 8 nitrogen and oxygen atoms in total. The molecule has 0 saturated carbocycles. The van der Waals surface area contributed by atoms with E-state index in [1.54, 1.807) is 54.6 Å². The molecule has 224 valence electrons. The van der Waals surface area contributed by atoms with Crippen molar-refractivity contribution in [3.8, 4) is 11.5 Å². The summed E-state index contributed by atoms with van der Waals surface area (Å²) >= 11 is 12.6. The fourth-order valence-electron chi connectivity index (χ4n) is 4.47. The lowest BCUT2D eigenvalue weighted by atomic mass is 10.0. The summed E-state index contributed by atoms with van der Waals surface area (Å²) in [6.45, 7) is -0.605. The number of para-hydroxylation sites is 1. The van der Waals surface area contributed by atoms with Crippen LogP contribution in [0, 0.1) is 0 Å². The van der Waals surface area contributed by atoms with Gasteiger partial charge in [-0.25, -0.2) is 8.42 Å². The molecule has 4 aromatic rings. The van der Waals surface area contributed by atoms with Crippen LogP contribution in [0.1, 0.15) is 11.1 Å². The Balaban J connectivity index is 1.67. The van der Waals surface area contributed by atoms with Crippen LogP contribution in [0.5, 0.6) is 11.5 Å². The largest absolute Gasteiger partial charge is 0.457 e. The zero-order chi connectivity index (χ0) is 31.0. The lowest BCUT2D eigenvalue weighted by Gasteiger charge is -2.33. The molecule has 1 N–H and O–H groups in total. The number of anilines is 1. The zero-order valence-electron chi connectivity index (χ0n) is 23.6. The Bertz CT molecular complexity index is 1650. The van der Waals surface area contributed by atoms with Gasteiger partial charge in [-0.15, -0.1) is 0 Å². The molecule has 1 atom stereocenters. The van der Waals surface area contributed by atoms with Crippen molar-refractivity contribution in [2.45, 2.75) is 19.0 Å². The summed E-state index contributed by atoms with van der Waals surface area (Å²) in [4.78, 5) is 28.6. The molecule has 0 aromatic heterocycles. The van der Waals surface area contributed by atoms with E-state index in [2.05, 4.69) is 5.32 Å². The summed E-state index contributed by atoms with van der Waals surface area (Å²) in [5, 5.41) is 3.37. The highest BCUT2D eigenvalue weighted by Gasteiger charge is 2.33. The molecular formula is C32H31Cl2N3O5S. The molecule has 0 radical (unpaired) electrons. The van der Waals surface area contributed by atoms with Gasteiger partial charge in [-0.2, -0.15) is 0 Å². The third kappa shape index (κ3) is 8.73. The van der Waals surface area contributed by atoms with Crippen molar-refractivity contribution in [2.24, 2.45) is 0 Å². The normalized spacial score (nSPS) is 11.8. The van der Waals surface area contributed by atoms with Gasteiger partial charge in [0.1, 0.15) is 24.1 Å². The van der Waals surface area contributed by atoms with E-state index in [0.29, 0.717) is 27.1 Å². The molecule has 0 spiro atoms. The fourth-order valence-corrected chi connectivity index (χ4v) is 5.79. The van der Waals surface area contributed by atoms with E-state index in [4.69, 9.17) is 27.9 Å². The van der Waals surface area contributed by atoms with Gasteiger partial charge in [-0.1, -0.05) is 77.8 Å². The van der Waals surface area contributed by atoms with Crippen molar-refractivity contribution in [3.05, 3.63) is 124 Å². The van der Waals surface area contributed by atoms with Gasteiger partial charge in [0.05, 0.1) is 11.9 Å². The first-order chi connectivity index (χ1) is 20.5. The number of nitrogens with zero attached hydrogens (tertiary/aromatic N) is 2. The number of sulfonamides is 1. The fraction of sp³-hybridized carbons (Fsp3) is 0.188. The standard InChI is InChI=1S/C32H31Cl2N3O5S/c1-35-32(39)30(19-23-9-5-3-6-10-23)36(21-24-13-14-25(33)20-29(24)34)31(38)22-37(43(2,40)41)26-15-17-28(18-16-26)42-27-11-7-4-8-12-27/h3-18,20,30H,19,21-22H2,1-2H3,(H,35,39)/t30-/m0/s1. The van der Waals surface area contributed by atoms with Gasteiger partial charge in [-0.05, 0) is 59.7 Å². The first-order valence-corrected chi connectivity index (χ1v) is 15.9. The van der Waals surface area contributed by atoms with Gasteiger partial charge in [0, 0.05) is 30.1 Å². The lowest BCUT2D eigenvalue weighted by Crippen LogP contribution is -2.52. The van der Waals surface area contributed by atoms with Crippen molar-refractivity contribution < 1.29 is 22.7 Å². The van der Waals surface area contributed by atoms with E-state index in [1.807, 2.05) is 48.5 Å². The number of halogens is 2. The Labute approximate surface area is 261 Å². The summed E-state index contributed by atoms with van der Waals surface area (Å²) in [5.41, 5.74) is 1.64. The summed E-state index contributed by atoms with van der Waals surface area (Å²) < 4.78 is 32.8. The van der Waals surface area contributed by atoms with Gasteiger partial charge >= 0.3 is 0 Å². The molecule has 0 fully saturated rings. The van der Waals surface area contributed by atoms with E-state index in [1.165, 1.54) is 11.9 Å². The second-order valence-corrected chi connectivity index (χ2v) is 12.5. The van der Waals surface area contributed by atoms with Crippen LogP contribution in [0.2, 0.25) is 10.0 Å². The SMILES string of the molecule is CNC(=O)[C@H](Cc1ccccc1)N(Cc1ccc(Cl)cc1Cl)C(=O)CN(c1ccc(Oc2ccccc2)cc1)S(C)(=O)=O. The molecular weight excluding hydrogens is 609 g/mol. The minimum absolute atomic E-state index is 0.0544. The van der Waals surface area contributed by atoms with Crippen molar-refractivity contribution in [1.82, 2.24) is 10.2 Å². The van der Waals surface area contributed by atoms with Crippen LogP contribution in [-0.2, 0) is 32.6 Å². The van der Waals surface area contributed by atoms with Gasteiger partial charge < -0.3 is 15.0 Å². The van der Waals surface area contributed by atoms with Crippen molar-refractivity contribution in [2.75, 3.05) is 24.2 Å². The van der Waals surface area contributed by atoms with Crippen LogP contribution < -0.4 is 14.4 Å². The molecule has 0 aliphatic rings. The van der Waals surface area contributed by atoms with Crippen LogP contribution in [0.15, 0.2) is 103 Å². The number of carbonyl (C=O) groups excluding carboxylic acids is 2. The van der Waals surface area contributed by atoms with Gasteiger partial charge in [-0.3, -0.25) is 13.9 Å². The van der Waals surface area contributed by atoms with Crippen LogP contribution in [-0.4, -0.2) is 51.0 Å². The molecule has 2 amide bonds. The van der Waals surface area contributed by atoms with Crippen LogP contribution in [0.4, 0.5) is 5.69 Å². The molecule has 0 aliphatic heterocycles. The number of amides is 2. The van der Waals surface area contributed by atoms with Gasteiger partial charge in [0.15, 0.2) is 0 Å². The molecule has 4 rings (SSSR count). The first-order valence-electron chi connectivity index (χ1n) is 13.3. The van der Waals surface area contributed by atoms with Crippen LogP contribution >= 0.6 is 23.2 Å². The maximum absolute atomic E-state index is 14.1. The Morgan fingerprint density at radius 2 is 1.47 bits per heavy atom. The molecule has 0 heterocycles. The average molecular weight is 641 g/mol. The molecule has 11 heteroatoms. The zero-order valence-corrected chi connectivity index (χ0v) is 25.9. The molecule has 0 saturated heterocycles. The highest BCUT2D eigenvalue weighted by Crippen LogP contribution is 2.27. The quantitative estimate of drug-likeness (QED) is 0.207. The highest BCUT2D eigenvalue weighted by molar-refractivity contribution is 7.92. The topological polar surface area (TPSA) is 96.0 Å². The monoisotopic (exact) mass is 639 g/mol. The summed E-state index contributed by atoms with van der Waals surface area (Å²) in [7, 11) is -2.43. The predicted molar refractivity (Wildman–Crippen MR) is 170 cm³/mol. The van der Waals surface area contributed by atoms with E-state index in [0.717, 1.165) is 16.1 Å². The number of hydrogen-bond acceptors (Lipinski definition) is 5. The number of likely N-dealkylation sites (N-methyl/N-ethyl adjacent to an activating group) is 1. The maximum Gasteiger partial charge on any atom is 0.244 e. The molecule has 43 heavy (non-hydrogen) atoms. The first kappa shape index (κ1) is 31.9. The van der Waals surface area contributed by atoms with Crippen LogP contribution in [0.3, 0.4) is 0 Å². The number of rotatable bonds is 12. The molecule has 4 aromatic carbocycles.